The molecule has 0 saturated carbocycles. The van der Waals surface area contributed by atoms with Gasteiger partial charge in [0, 0.05) is 28.5 Å². The highest BCUT2D eigenvalue weighted by atomic mass is 35.5. The van der Waals surface area contributed by atoms with E-state index in [0.29, 0.717) is 46.1 Å². The monoisotopic (exact) mass is 463 g/mol. The third kappa shape index (κ3) is 6.03. The molecule has 1 aliphatic rings. The van der Waals surface area contributed by atoms with Gasteiger partial charge in [0.25, 0.3) is 0 Å². The number of dihydropyridines is 1. The number of rotatable bonds is 8. The van der Waals surface area contributed by atoms with Crippen LogP contribution in [0.1, 0.15) is 37.3 Å². The van der Waals surface area contributed by atoms with Gasteiger partial charge in [-0.2, -0.15) is 5.26 Å². The summed E-state index contributed by atoms with van der Waals surface area (Å²) in [4.78, 5) is 26.4. The van der Waals surface area contributed by atoms with Gasteiger partial charge in [0.1, 0.15) is 6.61 Å². The Morgan fingerprint density at radius 2 is 1.82 bits per heavy atom. The number of hydrogen-bond donors (Lipinski definition) is 2. The van der Waals surface area contributed by atoms with Gasteiger partial charge in [0.2, 0.25) is 5.91 Å². The zero-order valence-corrected chi connectivity index (χ0v) is 19.4. The maximum absolute atomic E-state index is 13.3. The van der Waals surface area contributed by atoms with E-state index in [4.69, 9.17) is 21.6 Å². The summed E-state index contributed by atoms with van der Waals surface area (Å²) in [6.45, 7) is 4.01. The summed E-state index contributed by atoms with van der Waals surface area (Å²) in [5, 5.41) is 15.4. The van der Waals surface area contributed by atoms with Crippen LogP contribution in [0.25, 0.3) is 0 Å². The highest BCUT2D eigenvalue weighted by molar-refractivity contribution is 6.30. The number of esters is 1. The molecule has 2 aromatic rings. The van der Waals surface area contributed by atoms with Crippen molar-refractivity contribution in [3.63, 3.8) is 0 Å². The Morgan fingerprint density at radius 3 is 2.52 bits per heavy atom. The number of amides is 1. The Balaban J connectivity index is 1.91. The van der Waals surface area contributed by atoms with E-state index >= 15 is 0 Å². The zero-order valence-electron chi connectivity index (χ0n) is 18.7. The Hall–Kier alpha value is -3.56. The van der Waals surface area contributed by atoms with Crippen molar-refractivity contribution in [3.05, 3.63) is 93.3 Å². The van der Waals surface area contributed by atoms with Crippen molar-refractivity contribution in [2.24, 2.45) is 0 Å². The third-order valence-electron chi connectivity index (χ3n) is 5.40. The van der Waals surface area contributed by atoms with Gasteiger partial charge >= 0.3 is 5.97 Å². The van der Waals surface area contributed by atoms with Crippen LogP contribution in [0.15, 0.2) is 77.1 Å². The average Bonchev–Trinajstić information content (AvgIpc) is 2.79. The first kappa shape index (κ1) is 24.1. The first-order valence-electron chi connectivity index (χ1n) is 10.7. The molecule has 0 fully saturated rings. The lowest BCUT2D eigenvalue weighted by atomic mass is 9.80. The number of benzene rings is 2. The largest absolute Gasteiger partial charge is 0.461 e. The number of carbonyl (C=O) groups is 2. The third-order valence-corrected chi connectivity index (χ3v) is 5.63. The fourth-order valence-corrected chi connectivity index (χ4v) is 4.11. The fraction of sp³-hybridized carbons (Fsp3) is 0.269. The lowest BCUT2D eigenvalue weighted by Crippen LogP contribution is -2.37. The van der Waals surface area contributed by atoms with Gasteiger partial charge in [-0.15, -0.1) is 0 Å². The van der Waals surface area contributed by atoms with Crippen molar-refractivity contribution in [1.82, 2.24) is 10.6 Å². The van der Waals surface area contributed by atoms with E-state index < -0.39 is 11.9 Å². The second kappa shape index (κ2) is 11.3. The van der Waals surface area contributed by atoms with Crippen molar-refractivity contribution >= 4 is 23.5 Å². The molecule has 170 valence electrons. The molecule has 0 saturated heterocycles. The second-order valence-electron chi connectivity index (χ2n) is 7.73. The second-order valence-corrected chi connectivity index (χ2v) is 8.16. The van der Waals surface area contributed by atoms with Crippen molar-refractivity contribution < 1.29 is 14.3 Å². The lowest BCUT2D eigenvalue weighted by Gasteiger charge is -2.31. The molecule has 1 aliphatic heterocycles. The molecule has 0 bridgehead atoms. The summed E-state index contributed by atoms with van der Waals surface area (Å²) in [7, 11) is 0. The van der Waals surface area contributed by atoms with Crippen LogP contribution in [0.3, 0.4) is 0 Å². The summed E-state index contributed by atoms with van der Waals surface area (Å²) in [6.07, 6.45) is 0.779. The van der Waals surface area contributed by atoms with Crippen LogP contribution in [-0.4, -0.2) is 25.0 Å². The van der Waals surface area contributed by atoms with E-state index in [1.165, 1.54) is 0 Å². The molecule has 1 heterocycles. The first-order chi connectivity index (χ1) is 15.9. The number of ether oxygens (including phenoxy) is 1. The van der Waals surface area contributed by atoms with Crippen LogP contribution >= 0.6 is 11.6 Å². The van der Waals surface area contributed by atoms with Crippen LogP contribution in [-0.2, 0) is 20.7 Å². The summed E-state index contributed by atoms with van der Waals surface area (Å²) in [6, 6.07) is 19.0. The molecule has 3 rings (SSSR count). The molecule has 2 N–H and O–H groups in total. The number of nitriles is 1. The van der Waals surface area contributed by atoms with E-state index in [1.54, 1.807) is 25.1 Å². The van der Waals surface area contributed by atoms with Crippen molar-refractivity contribution in [2.45, 2.75) is 32.6 Å². The first-order valence-corrected chi connectivity index (χ1v) is 11.1. The van der Waals surface area contributed by atoms with Crippen LogP contribution < -0.4 is 10.6 Å². The predicted molar refractivity (Wildman–Crippen MR) is 127 cm³/mol. The highest BCUT2D eigenvalue weighted by Crippen LogP contribution is 2.39. The number of halogens is 1. The number of allylic oxidation sites excluding steroid dienone is 2. The molecule has 6 nitrogen and oxygen atoms in total. The lowest BCUT2D eigenvalue weighted by molar-refractivity contribution is -0.139. The van der Waals surface area contributed by atoms with E-state index in [1.807, 2.05) is 49.4 Å². The molecule has 33 heavy (non-hydrogen) atoms. The Labute approximate surface area is 198 Å². The summed E-state index contributed by atoms with van der Waals surface area (Å²) >= 11 is 6.24. The normalized spacial score (nSPS) is 15.5. The molecule has 1 amide bonds. The molecule has 0 radical (unpaired) electrons. The van der Waals surface area contributed by atoms with Crippen molar-refractivity contribution in [1.29, 1.82) is 5.26 Å². The Kier molecular flexibility index (Phi) is 8.28. The maximum atomic E-state index is 13.3. The quantitative estimate of drug-likeness (QED) is 0.447. The van der Waals surface area contributed by atoms with Gasteiger partial charge in [-0.25, -0.2) is 4.79 Å². The SMILES string of the molecule is CC1=C(C(=O)NCCc2ccccc2)C(c2cccc(Cl)c2)C(C(=O)OCCC#N)=C(C)N1. The molecule has 7 heteroatoms. The minimum absolute atomic E-state index is 0.0182. The maximum Gasteiger partial charge on any atom is 0.336 e. The Bertz CT molecular complexity index is 1130. The van der Waals surface area contributed by atoms with E-state index in [9.17, 15) is 9.59 Å². The van der Waals surface area contributed by atoms with Crippen molar-refractivity contribution in [3.8, 4) is 6.07 Å². The molecule has 2 aromatic carbocycles. The Morgan fingerprint density at radius 1 is 1.09 bits per heavy atom. The number of nitrogens with zero attached hydrogens (tertiary/aromatic N) is 1. The van der Waals surface area contributed by atoms with Gasteiger partial charge in [-0.3, -0.25) is 4.79 Å². The summed E-state index contributed by atoms with van der Waals surface area (Å²) < 4.78 is 5.33. The van der Waals surface area contributed by atoms with Crippen LogP contribution in [0.5, 0.6) is 0 Å². The molecule has 1 atom stereocenters. The molecule has 0 aromatic heterocycles. The molecule has 1 unspecified atom stereocenters. The smallest absolute Gasteiger partial charge is 0.336 e. The number of hydrogen-bond acceptors (Lipinski definition) is 5. The molecular weight excluding hydrogens is 438 g/mol. The molecule has 0 aliphatic carbocycles. The van der Waals surface area contributed by atoms with E-state index in [2.05, 4.69) is 10.6 Å². The predicted octanol–water partition coefficient (Wildman–Crippen LogP) is 4.39. The van der Waals surface area contributed by atoms with E-state index in [-0.39, 0.29) is 18.9 Å². The van der Waals surface area contributed by atoms with Crippen LogP contribution in [0, 0.1) is 11.3 Å². The van der Waals surface area contributed by atoms with Crippen LogP contribution in [0.4, 0.5) is 0 Å². The van der Waals surface area contributed by atoms with Crippen molar-refractivity contribution in [2.75, 3.05) is 13.2 Å². The summed E-state index contributed by atoms with van der Waals surface area (Å²) in [5.74, 6) is -1.49. The molecular formula is C26H26ClN3O3. The summed E-state index contributed by atoms with van der Waals surface area (Å²) in [5.41, 5.74) is 3.85. The molecule has 0 spiro atoms. The number of carbonyl (C=O) groups excluding carboxylic acids is 2. The average molecular weight is 464 g/mol. The number of nitrogens with one attached hydrogen (secondary N) is 2. The topological polar surface area (TPSA) is 91.2 Å². The minimum atomic E-state index is -0.656. The van der Waals surface area contributed by atoms with Gasteiger partial charge in [-0.1, -0.05) is 54.1 Å². The van der Waals surface area contributed by atoms with E-state index in [0.717, 1.165) is 5.56 Å². The van der Waals surface area contributed by atoms with Gasteiger partial charge < -0.3 is 15.4 Å². The van der Waals surface area contributed by atoms with Gasteiger partial charge in [0.15, 0.2) is 0 Å². The van der Waals surface area contributed by atoms with Gasteiger partial charge in [0.05, 0.1) is 24.0 Å². The van der Waals surface area contributed by atoms with Crippen LogP contribution in [0.2, 0.25) is 5.02 Å². The zero-order chi connectivity index (χ0) is 23.8. The minimum Gasteiger partial charge on any atom is -0.461 e. The van der Waals surface area contributed by atoms with Gasteiger partial charge in [-0.05, 0) is 43.5 Å². The highest BCUT2D eigenvalue weighted by Gasteiger charge is 2.37. The fourth-order valence-electron chi connectivity index (χ4n) is 3.91. The standard InChI is InChI=1S/C26H26ClN3O3/c1-17-22(25(31)29-14-12-19-8-4-3-5-9-19)24(20-10-6-11-21(27)16-20)23(18(2)30-17)26(32)33-15-7-13-28/h3-6,8-11,16,24,30H,7,12,14-15H2,1-2H3,(H,29,31).